The molecule has 0 heterocycles. The Morgan fingerprint density at radius 1 is 0.879 bits per heavy atom. The van der Waals surface area contributed by atoms with Crippen LogP contribution in [-0.4, -0.2) is 20.9 Å². The molecule has 0 bridgehead atoms. The third-order valence-corrected chi connectivity index (χ3v) is 6.65. The van der Waals surface area contributed by atoms with E-state index in [0.29, 0.717) is 9.99 Å². The zero-order valence-corrected chi connectivity index (χ0v) is 19.1. The first-order valence-corrected chi connectivity index (χ1v) is 11.4. The van der Waals surface area contributed by atoms with Gasteiger partial charge in [0.1, 0.15) is 6.54 Å². The Bertz CT molecular complexity index is 1250. The highest BCUT2D eigenvalue weighted by Crippen LogP contribution is 2.33. The molecule has 5 nitrogen and oxygen atoms in total. The van der Waals surface area contributed by atoms with Crippen molar-refractivity contribution in [1.82, 2.24) is 0 Å². The first kappa shape index (κ1) is 24.3. The summed E-state index contributed by atoms with van der Waals surface area (Å²) < 4.78 is 67.2. The molecule has 0 aromatic heterocycles. The summed E-state index contributed by atoms with van der Waals surface area (Å²) in [6.07, 6.45) is -4.67. The molecular formula is C24H23F3N2O3S. The highest BCUT2D eigenvalue weighted by atomic mass is 32.2. The molecule has 3 aromatic rings. The van der Waals surface area contributed by atoms with Crippen LogP contribution in [0.4, 0.5) is 24.5 Å². The average Bonchev–Trinajstić information content (AvgIpc) is 2.71. The number of hydrogen-bond acceptors (Lipinski definition) is 3. The van der Waals surface area contributed by atoms with Gasteiger partial charge in [-0.2, -0.15) is 13.2 Å². The number of nitrogens with one attached hydrogen (secondary N) is 1. The Labute approximate surface area is 190 Å². The number of anilines is 2. The van der Waals surface area contributed by atoms with Crippen molar-refractivity contribution in [2.24, 2.45) is 0 Å². The zero-order valence-electron chi connectivity index (χ0n) is 18.3. The SMILES string of the molecule is Cc1ccc(S(=O)(=O)N(CC(=O)Nc2cc(C)cc(C)c2)c2cccc(C(F)(F)F)c2)cc1. The van der Waals surface area contributed by atoms with Crippen LogP contribution in [0.25, 0.3) is 0 Å². The lowest BCUT2D eigenvalue weighted by molar-refractivity contribution is -0.137. The van der Waals surface area contributed by atoms with Gasteiger partial charge in [-0.25, -0.2) is 8.42 Å². The number of alkyl halides is 3. The molecule has 0 saturated carbocycles. The molecule has 0 fully saturated rings. The Hall–Kier alpha value is -3.33. The van der Waals surface area contributed by atoms with E-state index >= 15 is 0 Å². The molecule has 3 aromatic carbocycles. The number of benzene rings is 3. The van der Waals surface area contributed by atoms with Gasteiger partial charge >= 0.3 is 6.18 Å². The summed E-state index contributed by atoms with van der Waals surface area (Å²) in [5.74, 6) is -0.687. The summed E-state index contributed by atoms with van der Waals surface area (Å²) in [6, 6.07) is 15.1. The van der Waals surface area contributed by atoms with E-state index < -0.39 is 34.2 Å². The van der Waals surface area contributed by atoms with Crippen molar-refractivity contribution in [2.75, 3.05) is 16.2 Å². The minimum absolute atomic E-state index is 0.135. The van der Waals surface area contributed by atoms with Crippen LogP contribution in [0.5, 0.6) is 0 Å². The smallest absolute Gasteiger partial charge is 0.324 e. The van der Waals surface area contributed by atoms with E-state index in [2.05, 4.69) is 5.32 Å². The summed E-state index contributed by atoms with van der Waals surface area (Å²) in [6.45, 7) is 4.77. The second-order valence-electron chi connectivity index (χ2n) is 7.80. The summed E-state index contributed by atoms with van der Waals surface area (Å²) in [4.78, 5) is 12.7. The van der Waals surface area contributed by atoms with Gasteiger partial charge in [0, 0.05) is 5.69 Å². The monoisotopic (exact) mass is 476 g/mol. The fourth-order valence-electron chi connectivity index (χ4n) is 3.37. The maximum absolute atomic E-state index is 13.4. The summed E-state index contributed by atoms with van der Waals surface area (Å²) in [5.41, 5.74) is 1.79. The van der Waals surface area contributed by atoms with Gasteiger partial charge < -0.3 is 5.32 Å². The number of carbonyl (C=O) groups is 1. The van der Waals surface area contributed by atoms with Crippen LogP contribution in [0.1, 0.15) is 22.3 Å². The van der Waals surface area contributed by atoms with Gasteiger partial charge in [0.2, 0.25) is 5.91 Å². The van der Waals surface area contributed by atoms with Crippen molar-refractivity contribution in [3.63, 3.8) is 0 Å². The van der Waals surface area contributed by atoms with Gasteiger partial charge in [-0.3, -0.25) is 9.10 Å². The molecule has 0 aliphatic carbocycles. The lowest BCUT2D eigenvalue weighted by Gasteiger charge is -2.25. The maximum atomic E-state index is 13.4. The van der Waals surface area contributed by atoms with Gasteiger partial charge in [-0.15, -0.1) is 0 Å². The van der Waals surface area contributed by atoms with Crippen LogP contribution in [0.15, 0.2) is 71.6 Å². The maximum Gasteiger partial charge on any atom is 0.416 e. The Balaban J connectivity index is 2.02. The van der Waals surface area contributed by atoms with Crippen molar-refractivity contribution in [3.05, 3.63) is 89.0 Å². The van der Waals surface area contributed by atoms with Gasteiger partial charge in [0.15, 0.2) is 0 Å². The van der Waals surface area contributed by atoms with Gasteiger partial charge in [-0.1, -0.05) is 29.8 Å². The standard InChI is InChI=1S/C24H23F3N2O3S/c1-16-7-9-22(10-8-16)33(31,32)29(21-6-4-5-19(14-21)24(25,26)27)15-23(30)28-20-12-17(2)11-18(3)13-20/h4-14H,15H2,1-3H3,(H,28,30). The van der Waals surface area contributed by atoms with Crippen LogP contribution >= 0.6 is 0 Å². The predicted octanol–water partition coefficient (Wildman–Crippen LogP) is 5.46. The van der Waals surface area contributed by atoms with Crippen LogP contribution in [0.3, 0.4) is 0 Å². The van der Waals surface area contributed by atoms with Crippen LogP contribution in [0, 0.1) is 20.8 Å². The van der Waals surface area contributed by atoms with Gasteiger partial charge in [0.05, 0.1) is 16.1 Å². The van der Waals surface area contributed by atoms with Crippen LogP contribution in [-0.2, 0) is 21.0 Å². The molecule has 0 saturated heterocycles. The van der Waals surface area contributed by atoms with Crippen molar-refractivity contribution in [3.8, 4) is 0 Å². The number of rotatable bonds is 6. The van der Waals surface area contributed by atoms with E-state index in [4.69, 9.17) is 0 Å². The summed E-state index contributed by atoms with van der Waals surface area (Å²) >= 11 is 0. The van der Waals surface area contributed by atoms with E-state index in [0.717, 1.165) is 34.9 Å². The lowest BCUT2D eigenvalue weighted by atomic mass is 10.1. The third kappa shape index (κ3) is 5.92. The molecule has 0 aliphatic heterocycles. The molecule has 0 spiro atoms. The Kier molecular flexibility index (Phi) is 6.83. The molecule has 1 amide bonds. The second-order valence-corrected chi connectivity index (χ2v) is 9.66. The van der Waals surface area contributed by atoms with Gasteiger partial charge in [-0.05, 0) is 74.4 Å². The minimum Gasteiger partial charge on any atom is -0.324 e. The minimum atomic E-state index is -4.67. The first-order valence-electron chi connectivity index (χ1n) is 10.0. The first-order chi connectivity index (χ1) is 15.4. The fraction of sp³-hybridized carbons (Fsp3) is 0.208. The van der Waals surface area contributed by atoms with E-state index in [9.17, 15) is 26.4 Å². The predicted molar refractivity (Wildman–Crippen MR) is 122 cm³/mol. The molecule has 9 heteroatoms. The van der Waals surface area contributed by atoms with E-state index in [1.54, 1.807) is 31.2 Å². The number of sulfonamides is 1. The highest BCUT2D eigenvalue weighted by Gasteiger charge is 2.33. The van der Waals surface area contributed by atoms with E-state index in [1.165, 1.54) is 18.2 Å². The summed E-state index contributed by atoms with van der Waals surface area (Å²) in [5, 5.41) is 2.63. The molecule has 0 radical (unpaired) electrons. The fourth-order valence-corrected chi connectivity index (χ4v) is 4.78. The Morgan fingerprint density at radius 2 is 1.48 bits per heavy atom. The number of aryl methyl sites for hydroxylation is 3. The third-order valence-electron chi connectivity index (χ3n) is 4.86. The van der Waals surface area contributed by atoms with Crippen molar-refractivity contribution in [1.29, 1.82) is 0 Å². The number of hydrogen-bond donors (Lipinski definition) is 1. The van der Waals surface area contributed by atoms with Crippen molar-refractivity contribution in [2.45, 2.75) is 31.8 Å². The molecule has 0 unspecified atom stereocenters. The largest absolute Gasteiger partial charge is 0.416 e. The van der Waals surface area contributed by atoms with E-state index in [1.807, 2.05) is 19.9 Å². The molecule has 3 rings (SSSR count). The second kappa shape index (κ2) is 9.27. The van der Waals surface area contributed by atoms with Crippen molar-refractivity contribution >= 4 is 27.3 Å². The number of amides is 1. The molecular weight excluding hydrogens is 453 g/mol. The van der Waals surface area contributed by atoms with Crippen LogP contribution < -0.4 is 9.62 Å². The summed E-state index contributed by atoms with van der Waals surface area (Å²) in [7, 11) is -4.33. The van der Waals surface area contributed by atoms with Gasteiger partial charge in [0.25, 0.3) is 10.0 Å². The highest BCUT2D eigenvalue weighted by molar-refractivity contribution is 7.92. The van der Waals surface area contributed by atoms with E-state index in [-0.39, 0.29) is 10.6 Å². The normalized spacial score (nSPS) is 11.8. The molecule has 33 heavy (non-hydrogen) atoms. The molecule has 1 N–H and O–H groups in total. The topological polar surface area (TPSA) is 66.5 Å². The number of carbonyl (C=O) groups excluding carboxylic acids is 1. The van der Waals surface area contributed by atoms with Crippen LogP contribution in [0.2, 0.25) is 0 Å². The zero-order chi connectivity index (χ0) is 24.4. The number of nitrogens with zero attached hydrogens (tertiary/aromatic N) is 1. The average molecular weight is 477 g/mol. The molecule has 0 aliphatic rings. The van der Waals surface area contributed by atoms with Crippen molar-refractivity contribution < 1.29 is 26.4 Å². The molecule has 174 valence electrons. The lowest BCUT2D eigenvalue weighted by Crippen LogP contribution is -2.38. The quantitative estimate of drug-likeness (QED) is 0.514. The Morgan fingerprint density at radius 3 is 2.06 bits per heavy atom. The number of halogens is 3. The molecule has 0 atom stereocenters.